The predicted octanol–water partition coefficient (Wildman–Crippen LogP) is 0.607. The molecule has 0 unspecified atom stereocenters. The van der Waals surface area contributed by atoms with Gasteiger partial charge in [0.05, 0.1) is 0 Å². The quantitative estimate of drug-likeness (QED) is 0.600. The molecule has 1 aromatic heterocycles. The van der Waals surface area contributed by atoms with Crippen molar-refractivity contribution in [2.24, 2.45) is 0 Å². The van der Waals surface area contributed by atoms with Crippen LogP contribution in [0.5, 0.6) is 0 Å². The molecule has 114 valence electrons. The number of aromatic nitrogens is 1. The van der Waals surface area contributed by atoms with Crippen LogP contribution in [0, 0.1) is 0 Å². The molecule has 0 saturated carbocycles. The second kappa shape index (κ2) is 6.25. The average Bonchev–Trinajstić information content (AvgIpc) is 2.81. The lowest BCUT2D eigenvalue weighted by Crippen LogP contribution is -2.47. The first-order valence-corrected chi connectivity index (χ1v) is 7.96. The molecule has 1 heterocycles. The molecule has 1 atom stereocenters. The third kappa shape index (κ3) is 3.81. The van der Waals surface area contributed by atoms with Gasteiger partial charge in [0, 0.05) is 30.1 Å². The molecule has 2 aromatic rings. The summed E-state index contributed by atoms with van der Waals surface area (Å²) in [4.78, 5) is 14.3. The lowest BCUT2D eigenvalue weighted by Gasteiger charge is -2.14. The molecule has 0 spiro atoms. The van der Waals surface area contributed by atoms with Crippen LogP contribution in [0.25, 0.3) is 10.9 Å². The van der Waals surface area contributed by atoms with E-state index in [9.17, 15) is 18.3 Å². The molecule has 1 aromatic carbocycles. The fraction of sp³-hybridized carbons (Fsp3) is 0.308. The summed E-state index contributed by atoms with van der Waals surface area (Å²) in [6, 6.07) is 6.22. The van der Waals surface area contributed by atoms with E-state index in [-0.39, 0.29) is 13.0 Å². The Bertz CT molecular complexity index is 739. The number of para-hydroxylation sites is 1. The number of H-pyrrole nitrogens is 1. The van der Waals surface area contributed by atoms with Gasteiger partial charge in [0.1, 0.15) is 6.04 Å². The van der Waals surface area contributed by atoms with Gasteiger partial charge < -0.3 is 10.1 Å². The van der Waals surface area contributed by atoms with Gasteiger partial charge in [-0.2, -0.15) is 13.1 Å². The zero-order valence-electron chi connectivity index (χ0n) is 11.5. The molecular weight excluding hydrogens is 294 g/mol. The number of nitrogens with one attached hydrogen (secondary N) is 3. The minimum Gasteiger partial charge on any atom is -0.480 e. The summed E-state index contributed by atoms with van der Waals surface area (Å²) in [6.45, 7) is 1.81. The minimum absolute atomic E-state index is 0.0595. The Hall–Kier alpha value is -1.90. The molecule has 0 fully saturated rings. The zero-order valence-corrected chi connectivity index (χ0v) is 12.3. The van der Waals surface area contributed by atoms with Crippen LogP contribution in [0.15, 0.2) is 30.5 Å². The Morgan fingerprint density at radius 3 is 2.76 bits per heavy atom. The standard InChI is InChI=1S/C13H17N3O4S/c1-2-15-21(19,20)16-12(13(17)18)7-9-8-14-11-6-4-3-5-10(9)11/h3-6,8,12,14-16H,2,7H2,1H3,(H,17,18)/t12-/m1/s1. The first kappa shape index (κ1) is 15.5. The Morgan fingerprint density at radius 2 is 2.10 bits per heavy atom. The highest BCUT2D eigenvalue weighted by molar-refractivity contribution is 7.87. The summed E-state index contributed by atoms with van der Waals surface area (Å²) in [7, 11) is -3.82. The van der Waals surface area contributed by atoms with Crippen LogP contribution in [0.4, 0.5) is 0 Å². The number of carboxylic acids is 1. The fourth-order valence-corrected chi connectivity index (χ4v) is 3.14. The van der Waals surface area contributed by atoms with Gasteiger partial charge in [0.15, 0.2) is 0 Å². The number of carboxylic acid groups (broad SMARTS) is 1. The Kier molecular flexibility index (Phi) is 4.61. The number of benzene rings is 1. The number of carbonyl (C=O) groups is 1. The van der Waals surface area contributed by atoms with Crippen molar-refractivity contribution in [1.82, 2.24) is 14.4 Å². The van der Waals surface area contributed by atoms with Crippen molar-refractivity contribution < 1.29 is 18.3 Å². The molecule has 7 nitrogen and oxygen atoms in total. The summed E-state index contributed by atoms with van der Waals surface area (Å²) >= 11 is 0. The molecule has 0 radical (unpaired) electrons. The van der Waals surface area contributed by atoms with Crippen LogP contribution in [0.1, 0.15) is 12.5 Å². The maximum Gasteiger partial charge on any atom is 0.322 e. The molecule has 0 amide bonds. The van der Waals surface area contributed by atoms with Crippen LogP contribution in [-0.2, 0) is 21.4 Å². The van der Waals surface area contributed by atoms with E-state index in [0.29, 0.717) is 0 Å². The smallest absolute Gasteiger partial charge is 0.322 e. The number of aliphatic carboxylic acids is 1. The molecule has 4 N–H and O–H groups in total. The van der Waals surface area contributed by atoms with Crippen molar-refractivity contribution in [2.45, 2.75) is 19.4 Å². The molecule has 0 saturated heterocycles. The highest BCUT2D eigenvalue weighted by Gasteiger charge is 2.24. The second-order valence-electron chi connectivity index (χ2n) is 4.57. The van der Waals surface area contributed by atoms with E-state index in [1.54, 1.807) is 13.1 Å². The van der Waals surface area contributed by atoms with Gasteiger partial charge in [-0.15, -0.1) is 0 Å². The summed E-state index contributed by atoms with van der Waals surface area (Å²) in [5.41, 5.74) is 1.63. The molecule has 0 aliphatic heterocycles. The number of aromatic amines is 1. The van der Waals surface area contributed by atoms with Crippen LogP contribution < -0.4 is 9.44 Å². The molecular formula is C13H17N3O4S. The predicted molar refractivity (Wildman–Crippen MR) is 79.2 cm³/mol. The minimum atomic E-state index is -3.82. The van der Waals surface area contributed by atoms with Gasteiger partial charge in [-0.3, -0.25) is 4.79 Å². The van der Waals surface area contributed by atoms with E-state index in [1.165, 1.54) is 0 Å². The van der Waals surface area contributed by atoms with E-state index >= 15 is 0 Å². The summed E-state index contributed by atoms with van der Waals surface area (Å²) in [5, 5.41) is 10.1. The maximum atomic E-state index is 11.6. The van der Waals surface area contributed by atoms with Crippen molar-refractivity contribution >= 4 is 27.1 Å². The van der Waals surface area contributed by atoms with Gasteiger partial charge >= 0.3 is 5.97 Å². The SMILES string of the molecule is CCNS(=O)(=O)N[C@H](Cc1c[nH]c2ccccc12)C(=O)O. The first-order chi connectivity index (χ1) is 9.93. The average molecular weight is 311 g/mol. The van der Waals surface area contributed by atoms with Crippen LogP contribution >= 0.6 is 0 Å². The van der Waals surface area contributed by atoms with E-state index in [1.807, 2.05) is 24.3 Å². The highest BCUT2D eigenvalue weighted by Crippen LogP contribution is 2.19. The molecule has 8 heteroatoms. The van der Waals surface area contributed by atoms with Crippen molar-refractivity contribution in [2.75, 3.05) is 6.54 Å². The number of hydrogen-bond acceptors (Lipinski definition) is 3. The second-order valence-corrected chi connectivity index (χ2v) is 6.10. The maximum absolute atomic E-state index is 11.6. The normalized spacial score (nSPS) is 13.4. The van der Waals surface area contributed by atoms with Crippen LogP contribution in [-0.4, -0.2) is 37.1 Å². The molecule has 0 aliphatic rings. The van der Waals surface area contributed by atoms with E-state index < -0.39 is 22.2 Å². The highest BCUT2D eigenvalue weighted by atomic mass is 32.2. The molecule has 0 bridgehead atoms. The van der Waals surface area contributed by atoms with E-state index in [0.717, 1.165) is 16.5 Å². The van der Waals surface area contributed by atoms with E-state index in [4.69, 9.17) is 0 Å². The Labute approximate surface area is 122 Å². The van der Waals surface area contributed by atoms with Crippen LogP contribution in [0.2, 0.25) is 0 Å². The van der Waals surface area contributed by atoms with Crippen molar-refractivity contribution in [3.63, 3.8) is 0 Å². The largest absolute Gasteiger partial charge is 0.480 e. The Morgan fingerprint density at radius 1 is 1.38 bits per heavy atom. The zero-order chi connectivity index (χ0) is 15.5. The molecule has 2 rings (SSSR count). The monoisotopic (exact) mass is 311 g/mol. The van der Waals surface area contributed by atoms with Gasteiger partial charge in [-0.05, 0) is 11.6 Å². The van der Waals surface area contributed by atoms with Crippen molar-refractivity contribution in [3.05, 3.63) is 36.0 Å². The van der Waals surface area contributed by atoms with Gasteiger partial charge in [0.2, 0.25) is 0 Å². The van der Waals surface area contributed by atoms with Crippen LogP contribution in [0.3, 0.4) is 0 Å². The topological polar surface area (TPSA) is 111 Å². The molecule has 0 aliphatic carbocycles. The summed E-state index contributed by atoms with van der Waals surface area (Å²) < 4.78 is 27.6. The number of hydrogen-bond donors (Lipinski definition) is 4. The van der Waals surface area contributed by atoms with Crippen molar-refractivity contribution in [1.29, 1.82) is 0 Å². The first-order valence-electron chi connectivity index (χ1n) is 6.47. The fourth-order valence-electron chi connectivity index (χ4n) is 2.12. The van der Waals surface area contributed by atoms with Gasteiger partial charge in [-0.25, -0.2) is 4.72 Å². The summed E-state index contributed by atoms with van der Waals surface area (Å²) in [5.74, 6) is -1.22. The number of fused-ring (bicyclic) bond motifs is 1. The lowest BCUT2D eigenvalue weighted by atomic mass is 10.1. The number of rotatable bonds is 7. The third-order valence-electron chi connectivity index (χ3n) is 3.03. The third-order valence-corrected chi connectivity index (χ3v) is 4.29. The Balaban J connectivity index is 2.23. The molecule has 21 heavy (non-hydrogen) atoms. The summed E-state index contributed by atoms with van der Waals surface area (Å²) in [6.07, 6.45) is 1.76. The lowest BCUT2D eigenvalue weighted by molar-refractivity contribution is -0.138. The van der Waals surface area contributed by atoms with Gasteiger partial charge in [0.25, 0.3) is 10.2 Å². The van der Waals surface area contributed by atoms with Crippen molar-refractivity contribution in [3.8, 4) is 0 Å². The van der Waals surface area contributed by atoms with Gasteiger partial charge in [-0.1, -0.05) is 25.1 Å². The van der Waals surface area contributed by atoms with E-state index in [2.05, 4.69) is 14.4 Å².